The smallest absolute Gasteiger partial charge is 0.433 e. The highest BCUT2D eigenvalue weighted by Crippen LogP contribution is 2.29. The van der Waals surface area contributed by atoms with Crippen LogP contribution in [0.25, 0.3) is 0 Å². The van der Waals surface area contributed by atoms with E-state index in [-0.39, 0.29) is 15.4 Å². The number of carbonyl (C=O) groups is 1. The Balaban J connectivity index is 2.40. The maximum atomic E-state index is 12.4. The Labute approximate surface area is 123 Å². The summed E-state index contributed by atoms with van der Waals surface area (Å²) in [6.45, 7) is 0. The molecule has 116 valence electrons. The van der Waals surface area contributed by atoms with Gasteiger partial charge in [0.2, 0.25) is 0 Å². The number of benzene rings is 1. The van der Waals surface area contributed by atoms with Gasteiger partial charge in [0, 0.05) is 6.20 Å². The van der Waals surface area contributed by atoms with Crippen LogP contribution in [0.1, 0.15) is 16.1 Å². The van der Waals surface area contributed by atoms with Crippen molar-refractivity contribution in [2.45, 2.75) is 16.0 Å². The first-order chi connectivity index (χ1) is 10.1. The van der Waals surface area contributed by atoms with Crippen molar-refractivity contribution in [2.75, 3.05) is 0 Å². The number of pyridine rings is 1. The fourth-order valence-corrected chi connectivity index (χ4v) is 2.90. The lowest BCUT2D eigenvalue weighted by atomic mass is 10.2. The average molecular weight is 330 g/mol. The number of alkyl halides is 3. The predicted molar refractivity (Wildman–Crippen MR) is 70.0 cm³/mol. The summed E-state index contributed by atoms with van der Waals surface area (Å²) in [6, 6.07) is 6.30. The summed E-state index contributed by atoms with van der Waals surface area (Å²) >= 11 is 0. The second-order valence-corrected chi connectivity index (χ2v) is 6.32. The molecule has 0 amide bonds. The number of halogens is 3. The van der Waals surface area contributed by atoms with Crippen LogP contribution in [0.2, 0.25) is 0 Å². The number of carboxylic acid groups (broad SMARTS) is 1. The minimum atomic E-state index is -4.62. The third-order valence-corrected chi connectivity index (χ3v) is 4.63. The fourth-order valence-electron chi connectivity index (χ4n) is 1.64. The molecule has 1 aromatic carbocycles. The molecule has 0 aliphatic heterocycles. The van der Waals surface area contributed by atoms with E-state index in [9.17, 15) is 22.2 Å². The quantitative estimate of drug-likeness (QED) is 0.903. The van der Waals surface area contributed by atoms with E-state index in [0.717, 1.165) is 12.3 Å². The summed E-state index contributed by atoms with van der Waals surface area (Å²) in [5, 5.41) is 8.77. The molecule has 0 saturated heterocycles. The molecule has 0 spiro atoms. The summed E-state index contributed by atoms with van der Waals surface area (Å²) < 4.78 is 57.6. The standard InChI is InChI=1S/C13H9F3N2O3S/c14-13(15,16)11-6-5-10(7-18-11)22(17,21)9-3-1-8(2-4-9)12(19)20/h1-7,17H,(H,19,20). The monoisotopic (exact) mass is 330 g/mol. The molecule has 1 atom stereocenters. The highest BCUT2D eigenvalue weighted by atomic mass is 32.2. The van der Waals surface area contributed by atoms with Gasteiger partial charge in [-0.25, -0.2) is 13.8 Å². The number of carboxylic acids is 1. The number of aromatic nitrogens is 1. The highest BCUT2D eigenvalue weighted by Gasteiger charge is 2.32. The van der Waals surface area contributed by atoms with Crippen LogP contribution in [0.5, 0.6) is 0 Å². The maximum absolute atomic E-state index is 12.4. The molecule has 1 aromatic heterocycles. The molecule has 0 aliphatic rings. The van der Waals surface area contributed by atoms with E-state index in [1.165, 1.54) is 24.3 Å². The molecule has 9 heteroatoms. The minimum Gasteiger partial charge on any atom is -0.478 e. The summed E-state index contributed by atoms with van der Waals surface area (Å²) in [7, 11) is -3.57. The number of rotatable bonds is 3. The number of hydrogen-bond acceptors (Lipinski definition) is 4. The van der Waals surface area contributed by atoms with Gasteiger partial charge in [0.05, 0.1) is 15.4 Å². The van der Waals surface area contributed by atoms with Crippen molar-refractivity contribution in [3.05, 3.63) is 53.9 Å². The van der Waals surface area contributed by atoms with E-state index in [2.05, 4.69) is 4.98 Å². The van der Waals surface area contributed by atoms with Crippen LogP contribution in [-0.4, -0.2) is 20.3 Å². The van der Waals surface area contributed by atoms with Gasteiger partial charge in [-0.2, -0.15) is 13.2 Å². The second-order valence-electron chi connectivity index (χ2n) is 4.26. The molecule has 1 unspecified atom stereocenters. The van der Waals surface area contributed by atoms with Crippen LogP contribution in [0.4, 0.5) is 13.2 Å². The van der Waals surface area contributed by atoms with Crippen molar-refractivity contribution in [1.82, 2.24) is 4.98 Å². The van der Waals surface area contributed by atoms with Gasteiger partial charge in [0.1, 0.15) is 15.4 Å². The molecule has 5 nitrogen and oxygen atoms in total. The Morgan fingerprint density at radius 2 is 1.64 bits per heavy atom. The van der Waals surface area contributed by atoms with E-state index < -0.39 is 27.6 Å². The second kappa shape index (κ2) is 5.41. The zero-order valence-corrected chi connectivity index (χ0v) is 11.6. The van der Waals surface area contributed by atoms with Gasteiger partial charge in [-0.3, -0.25) is 4.98 Å². The molecule has 1 heterocycles. The molecule has 0 bridgehead atoms. The molecule has 0 aliphatic carbocycles. The average Bonchev–Trinajstić information content (AvgIpc) is 2.46. The zero-order chi connectivity index (χ0) is 16.5. The lowest BCUT2D eigenvalue weighted by molar-refractivity contribution is -0.141. The Morgan fingerprint density at radius 3 is 2.05 bits per heavy atom. The number of nitrogens with zero attached hydrogens (tertiary/aromatic N) is 1. The normalized spacial score (nSPS) is 14.3. The van der Waals surface area contributed by atoms with Gasteiger partial charge in [-0.1, -0.05) is 0 Å². The van der Waals surface area contributed by atoms with Crippen LogP contribution in [0.15, 0.2) is 52.4 Å². The molecule has 0 saturated carbocycles. The van der Waals surface area contributed by atoms with Crippen LogP contribution in [0.3, 0.4) is 0 Å². The summed E-state index contributed by atoms with van der Waals surface area (Å²) in [4.78, 5) is 13.7. The van der Waals surface area contributed by atoms with E-state index in [4.69, 9.17) is 9.89 Å². The Bertz CT molecular complexity index is 798. The van der Waals surface area contributed by atoms with Crippen molar-refractivity contribution in [2.24, 2.45) is 0 Å². The van der Waals surface area contributed by atoms with E-state index in [1.54, 1.807) is 0 Å². The van der Waals surface area contributed by atoms with Crippen molar-refractivity contribution >= 4 is 15.7 Å². The zero-order valence-electron chi connectivity index (χ0n) is 10.8. The number of aromatic carboxylic acids is 1. The van der Waals surface area contributed by atoms with Crippen LogP contribution in [-0.2, 0) is 15.9 Å². The van der Waals surface area contributed by atoms with E-state index >= 15 is 0 Å². The third-order valence-electron chi connectivity index (χ3n) is 2.79. The molecule has 22 heavy (non-hydrogen) atoms. The predicted octanol–water partition coefficient (Wildman–Crippen LogP) is 3.26. The maximum Gasteiger partial charge on any atom is 0.433 e. The van der Waals surface area contributed by atoms with E-state index in [1.807, 2.05) is 0 Å². The number of hydrogen-bond donors (Lipinski definition) is 2. The first-order valence-corrected chi connectivity index (χ1v) is 7.33. The lowest BCUT2D eigenvalue weighted by Gasteiger charge is -2.10. The minimum absolute atomic E-state index is 0.0148. The van der Waals surface area contributed by atoms with E-state index in [0.29, 0.717) is 6.07 Å². The van der Waals surface area contributed by atoms with Gasteiger partial charge in [-0.15, -0.1) is 0 Å². The molecule has 2 N–H and O–H groups in total. The molecular weight excluding hydrogens is 321 g/mol. The molecule has 0 radical (unpaired) electrons. The molecule has 2 rings (SSSR count). The van der Waals surface area contributed by atoms with Gasteiger partial charge < -0.3 is 5.11 Å². The Hall–Kier alpha value is -2.42. The largest absolute Gasteiger partial charge is 0.478 e. The summed E-state index contributed by atoms with van der Waals surface area (Å²) in [5.74, 6) is -1.18. The van der Waals surface area contributed by atoms with Crippen LogP contribution < -0.4 is 0 Å². The van der Waals surface area contributed by atoms with Gasteiger partial charge >= 0.3 is 12.1 Å². The van der Waals surface area contributed by atoms with Crippen LogP contribution in [0, 0.1) is 4.78 Å². The highest BCUT2D eigenvalue weighted by molar-refractivity contribution is 7.92. The van der Waals surface area contributed by atoms with Gasteiger partial charge in [0.25, 0.3) is 0 Å². The fraction of sp³-hybridized carbons (Fsp3) is 0.0769. The topological polar surface area (TPSA) is 91.1 Å². The van der Waals surface area contributed by atoms with Crippen molar-refractivity contribution in [3.63, 3.8) is 0 Å². The lowest BCUT2D eigenvalue weighted by Crippen LogP contribution is -2.09. The summed E-state index contributed by atoms with van der Waals surface area (Å²) in [5.41, 5.74) is -1.20. The van der Waals surface area contributed by atoms with Crippen LogP contribution >= 0.6 is 0 Å². The van der Waals surface area contributed by atoms with Gasteiger partial charge in [0.15, 0.2) is 0 Å². The van der Waals surface area contributed by atoms with Gasteiger partial charge in [-0.05, 0) is 36.4 Å². The van der Waals surface area contributed by atoms with Crippen molar-refractivity contribution < 1.29 is 27.3 Å². The Morgan fingerprint density at radius 1 is 1.09 bits per heavy atom. The Kier molecular flexibility index (Phi) is 3.92. The molecule has 0 fully saturated rings. The third kappa shape index (κ3) is 3.08. The first-order valence-electron chi connectivity index (χ1n) is 5.78. The summed E-state index contributed by atoms with van der Waals surface area (Å²) in [6.07, 6.45) is -3.88. The number of nitrogens with one attached hydrogen (secondary N) is 1. The first kappa shape index (κ1) is 16.0. The van der Waals surface area contributed by atoms with Crippen molar-refractivity contribution in [3.8, 4) is 0 Å². The SMILES string of the molecule is N=S(=O)(c1ccc(C(=O)O)cc1)c1ccc(C(F)(F)F)nc1. The molecular formula is C13H9F3N2O3S. The van der Waals surface area contributed by atoms with Crippen molar-refractivity contribution in [1.29, 1.82) is 4.78 Å². The molecule has 2 aromatic rings.